The molecule has 29 heavy (non-hydrogen) atoms. The normalized spacial score (nSPS) is 13.6. The molecule has 0 spiro atoms. The first-order chi connectivity index (χ1) is 13.9. The zero-order chi connectivity index (χ0) is 20.6. The number of hydrogen-bond donors (Lipinski definition) is 2. The maximum atomic E-state index is 5.61. The third-order valence-corrected chi connectivity index (χ3v) is 6.10. The third-order valence-electron chi connectivity index (χ3n) is 6.10. The molecule has 2 aromatic carbocycles. The molecule has 0 aliphatic heterocycles. The summed E-state index contributed by atoms with van der Waals surface area (Å²) in [4.78, 5) is 11.6. The number of nitrogens with two attached hydrogens (primary N) is 1. The van der Waals surface area contributed by atoms with Crippen LogP contribution in [0.5, 0.6) is 5.75 Å². The molecule has 1 unspecified atom stereocenters. The molecular weight excluding hydrogens is 360 g/mol. The van der Waals surface area contributed by atoms with Gasteiger partial charge in [-0.05, 0) is 28.7 Å². The van der Waals surface area contributed by atoms with Crippen molar-refractivity contribution in [2.24, 2.45) is 5.92 Å². The average molecular weight is 386 g/mol. The standard InChI is InChI=1S/C24H26N4O/c1-15(2)24(3,20-14-26-22-19(20)6-5-7-21(22)29-4)18-10-8-16(9-11-18)17-12-27-23(25)28-13-17/h5-15,26H,1-4H3,(H2,25,27,28). The van der Waals surface area contributed by atoms with Gasteiger partial charge in [-0.1, -0.05) is 57.2 Å². The van der Waals surface area contributed by atoms with Crippen molar-refractivity contribution in [3.8, 4) is 16.9 Å². The first-order valence-electron chi connectivity index (χ1n) is 9.78. The van der Waals surface area contributed by atoms with Crippen molar-refractivity contribution in [2.75, 3.05) is 12.8 Å². The Morgan fingerprint density at radius 1 is 1.00 bits per heavy atom. The number of para-hydroxylation sites is 1. The summed E-state index contributed by atoms with van der Waals surface area (Å²) in [5.41, 5.74) is 11.0. The number of rotatable bonds is 5. The van der Waals surface area contributed by atoms with Gasteiger partial charge in [0.15, 0.2) is 0 Å². The van der Waals surface area contributed by atoms with Gasteiger partial charge >= 0.3 is 0 Å². The van der Waals surface area contributed by atoms with Crippen LogP contribution in [-0.4, -0.2) is 22.1 Å². The Morgan fingerprint density at radius 3 is 2.31 bits per heavy atom. The molecule has 2 heterocycles. The van der Waals surface area contributed by atoms with Gasteiger partial charge < -0.3 is 15.5 Å². The predicted molar refractivity (Wildman–Crippen MR) is 118 cm³/mol. The van der Waals surface area contributed by atoms with E-state index in [1.54, 1.807) is 19.5 Å². The Bertz CT molecular complexity index is 1130. The molecule has 0 bridgehead atoms. The minimum absolute atomic E-state index is 0.166. The average Bonchev–Trinajstić information content (AvgIpc) is 3.18. The molecule has 5 nitrogen and oxygen atoms in total. The molecule has 0 aliphatic rings. The Balaban J connectivity index is 1.81. The van der Waals surface area contributed by atoms with E-state index in [1.165, 1.54) is 16.5 Å². The van der Waals surface area contributed by atoms with E-state index in [0.717, 1.165) is 22.4 Å². The number of nitrogens with zero attached hydrogens (tertiary/aromatic N) is 2. The smallest absolute Gasteiger partial charge is 0.219 e. The lowest BCUT2D eigenvalue weighted by molar-refractivity contribution is 0.408. The summed E-state index contributed by atoms with van der Waals surface area (Å²) < 4.78 is 5.54. The monoisotopic (exact) mass is 386 g/mol. The second-order valence-corrected chi connectivity index (χ2v) is 7.85. The van der Waals surface area contributed by atoms with E-state index in [2.05, 4.69) is 72.3 Å². The molecule has 5 heteroatoms. The van der Waals surface area contributed by atoms with Crippen LogP contribution >= 0.6 is 0 Å². The summed E-state index contributed by atoms with van der Waals surface area (Å²) in [7, 11) is 1.70. The van der Waals surface area contributed by atoms with Gasteiger partial charge in [0, 0.05) is 35.0 Å². The minimum atomic E-state index is -0.166. The van der Waals surface area contributed by atoms with Crippen LogP contribution in [0.2, 0.25) is 0 Å². The zero-order valence-electron chi connectivity index (χ0n) is 17.2. The van der Waals surface area contributed by atoms with Crippen molar-refractivity contribution in [2.45, 2.75) is 26.2 Å². The van der Waals surface area contributed by atoms with Gasteiger partial charge in [0.1, 0.15) is 5.75 Å². The summed E-state index contributed by atoms with van der Waals surface area (Å²) in [6, 6.07) is 14.8. The van der Waals surface area contributed by atoms with Crippen LogP contribution in [0.4, 0.5) is 5.95 Å². The van der Waals surface area contributed by atoms with Crippen LogP contribution in [0.25, 0.3) is 22.0 Å². The molecule has 0 saturated carbocycles. The van der Waals surface area contributed by atoms with E-state index in [9.17, 15) is 0 Å². The molecule has 4 rings (SSSR count). The number of aromatic nitrogens is 3. The largest absolute Gasteiger partial charge is 0.495 e. The summed E-state index contributed by atoms with van der Waals surface area (Å²) >= 11 is 0. The van der Waals surface area contributed by atoms with Crippen LogP contribution in [0.15, 0.2) is 61.1 Å². The fourth-order valence-corrected chi connectivity index (χ4v) is 4.02. The number of nitrogen functional groups attached to an aromatic ring is 1. The van der Waals surface area contributed by atoms with Crippen molar-refractivity contribution < 1.29 is 4.74 Å². The third kappa shape index (κ3) is 3.12. The number of ether oxygens (including phenoxy) is 1. The fraction of sp³-hybridized carbons (Fsp3) is 0.250. The molecule has 4 aromatic rings. The van der Waals surface area contributed by atoms with Crippen molar-refractivity contribution in [3.05, 3.63) is 72.2 Å². The van der Waals surface area contributed by atoms with Crippen LogP contribution in [0.3, 0.4) is 0 Å². The number of hydrogen-bond acceptors (Lipinski definition) is 4. The van der Waals surface area contributed by atoms with Crippen molar-refractivity contribution >= 4 is 16.9 Å². The molecule has 3 N–H and O–H groups in total. The lowest BCUT2D eigenvalue weighted by atomic mass is 9.68. The molecule has 1 atom stereocenters. The molecule has 0 aliphatic carbocycles. The second-order valence-electron chi connectivity index (χ2n) is 7.85. The zero-order valence-corrected chi connectivity index (χ0v) is 17.2. The molecule has 148 valence electrons. The molecule has 0 saturated heterocycles. The predicted octanol–water partition coefficient (Wildman–Crippen LogP) is 5.18. The van der Waals surface area contributed by atoms with Gasteiger partial charge in [0.25, 0.3) is 0 Å². The molecule has 2 aromatic heterocycles. The maximum absolute atomic E-state index is 5.61. The van der Waals surface area contributed by atoms with Gasteiger partial charge in [-0.25, -0.2) is 9.97 Å². The maximum Gasteiger partial charge on any atom is 0.219 e. The summed E-state index contributed by atoms with van der Waals surface area (Å²) in [5.74, 6) is 1.53. The Morgan fingerprint density at radius 2 is 1.69 bits per heavy atom. The van der Waals surface area contributed by atoms with Crippen LogP contribution in [0.1, 0.15) is 31.9 Å². The quantitative estimate of drug-likeness (QED) is 0.496. The van der Waals surface area contributed by atoms with Gasteiger partial charge in [0.2, 0.25) is 5.95 Å². The van der Waals surface area contributed by atoms with Gasteiger partial charge in [-0.2, -0.15) is 0 Å². The fourth-order valence-electron chi connectivity index (χ4n) is 4.02. The summed E-state index contributed by atoms with van der Waals surface area (Å²) in [5, 5.41) is 1.19. The van der Waals surface area contributed by atoms with E-state index >= 15 is 0 Å². The number of H-pyrrole nitrogens is 1. The van der Waals surface area contributed by atoms with Crippen molar-refractivity contribution in [1.29, 1.82) is 0 Å². The van der Waals surface area contributed by atoms with E-state index in [0.29, 0.717) is 5.92 Å². The number of anilines is 1. The first-order valence-corrected chi connectivity index (χ1v) is 9.78. The number of methoxy groups -OCH3 is 1. The van der Waals surface area contributed by atoms with Gasteiger partial charge in [0.05, 0.1) is 12.6 Å². The molecule has 0 amide bonds. The van der Waals surface area contributed by atoms with E-state index in [-0.39, 0.29) is 11.4 Å². The second kappa shape index (κ2) is 7.24. The molecule has 0 radical (unpaired) electrons. The van der Waals surface area contributed by atoms with Crippen LogP contribution < -0.4 is 10.5 Å². The van der Waals surface area contributed by atoms with Gasteiger partial charge in [-0.3, -0.25) is 0 Å². The summed E-state index contributed by atoms with van der Waals surface area (Å²) in [6.45, 7) is 6.84. The van der Waals surface area contributed by atoms with Crippen molar-refractivity contribution in [3.63, 3.8) is 0 Å². The van der Waals surface area contributed by atoms with Gasteiger partial charge in [-0.15, -0.1) is 0 Å². The summed E-state index contributed by atoms with van der Waals surface area (Å²) in [6.07, 6.45) is 5.63. The first kappa shape index (κ1) is 19.0. The Hall–Kier alpha value is -3.34. The lowest BCUT2D eigenvalue weighted by Gasteiger charge is -2.35. The molecule has 0 fully saturated rings. The highest BCUT2D eigenvalue weighted by molar-refractivity contribution is 5.89. The van der Waals surface area contributed by atoms with Crippen LogP contribution in [0, 0.1) is 5.92 Å². The highest BCUT2D eigenvalue weighted by Gasteiger charge is 2.35. The Kier molecular flexibility index (Phi) is 4.74. The molecular formula is C24H26N4O. The SMILES string of the molecule is COc1cccc2c(C(C)(c3ccc(-c4cnc(N)nc4)cc3)C(C)C)c[nH]c12. The topological polar surface area (TPSA) is 76.8 Å². The number of fused-ring (bicyclic) bond motifs is 1. The Labute approximate surface area is 171 Å². The number of benzene rings is 2. The van der Waals surface area contributed by atoms with Crippen molar-refractivity contribution in [1.82, 2.24) is 15.0 Å². The lowest BCUT2D eigenvalue weighted by Crippen LogP contribution is -2.29. The highest BCUT2D eigenvalue weighted by atomic mass is 16.5. The van der Waals surface area contributed by atoms with E-state index < -0.39 is 0 Å². The highest BCUT2D eigenvalue weighted by Crippen LogP contribution is 2.43. The van der Waals surface area contributed by atoms with E-state index in [4.69, 9.17) is 10.5 Å². The minimum Gasteiger partial charge on any atom is -0.495 e. The van der Waals surface area contributed by atoms with Crippen LogP contribution in [-0.2, 0) is 5.41 Å². The number of nitrogens with one attached hydrogen (secondary N) is 1. The number of aromatic amines is 1. The van der Waals surface area contributed by atoms with E-state index in [1.807, 2.05) is 12.1 Å².